The van der Waals surface area contributed by atoms with Crippen molar-refractivity contribution < 1.29 is 9.53 Å². The number of carbonyl (C=O) groups excluding carboxylic acids is 1. The Morgan fingerprint density at radius 2 is 2.20 bits per heavy atom. The highest BCUT2D eigenvalue weighted by Gasteiger charge is 2.05. The summed E-state index contributed by atoms with van der Waals surface area (Å²) in [5.41, 5.74) is 6.48. The minimum Gasteiger partial charge on any atom is -0.491 e. The number of hydrogen-bond donors (Lipinski definition) is 2. The normalized spacial score (nSPS) is 12.7. The molecule has 1 rings (SSSR count). The molecule has 1 aromatic carbocycles. The van der Waals surface area contributed by atoms with Crippen LogP contribution in [0.3, 0.4) is 0 Å². The van der Waals surface area contributed by atoms with E-state index in [2.05, 4.69) is 5.32 Å². The van der Waals surface area contributed by atoms with Crippen LogP contribution in [0.15, 0.2) is 30.3 Å². The van der Waals surface area contributed by atoms with Crippen LogP contribution in [-0.4, -0.2) is 24.6 Å². The van der Waals surface area contributed by atoms with Crippen LogP contribution < -0.4 is 15.8 Å². The maximum Gasteiger partial charge on any atom is 0.244 e. The van der Waals surface area contributed by atoms with Crippen molar-refractivity contribution in [2.75, 3.05) is 6.54 Å². The molecule has 3 N–H and O–H groups in total. The van der Waals surface area contributed by atoms with E-state index in [0.29, 0.717) is 6.54 Å². The summed E-state index contributed by atoms with van der Waals surface area (Å²) in [5.74, 6) is 0.674. The van der Waals surface area contributed by atoms with Crippen molar-refractivity contribution in [1.82, 2.24) is 5.32 Å². The molecular formula is C16H24N2O2. The molecule has 1 amide bonds. The van der Waals surface area contributed by atoms with Gasteiger partial charge in [-0.05, 0) is 44.0 Å². The summed E-state index contributed by atoms with van der Waals surface area (Å²) in [7, 11) is 0. The number of rotatable bonds is 7. The minimum atomic E-state index is -0.127. The van der Waals surface area contributed by atoms with Crippen LogP contribution in [0.5, 0.6) is 5.75 Å². The minimum absolute atomic E-state index is 0.0303. The molecule has 4 nitrogen and oxygen atoms in total. The molecule has 0 saturated carbocycles. The lowest BCUT2D eigenvalue weighted by molar-refractivity contribution is -0.117. The Kier molecular flexibility index (Phi) is 6.81. The molecule has 1 atom stereocenters. The van der Waals surface area contributed by atoms with Gasteiger partial charge in [0.2, 0.25) is 5.91 Å². The van der Waals surface area contributed by atoms with E-state index in [1.54, 1.807) is 6.08 Å². The lowest BCUT2D eigenvalue weighted by Gasteiger charge is -2.12. The monoisotopic (exact) mass is 276 g/mol. The van der Waals surface area contributed by atoms with Crippen LogP contribution in [0.25, 0.3) is 6.08 Å². The largest absolute Gasteiger partial charge is 0.491 e. The molecule has 0 aliphatic heterocycles. The smallest absolute Gasteiger partial charge is 0.244 e. The van der Waals surface area contributed by atoms with Gasteiger partial charge in [0.1, 0.15) is 5.75 Å². The summed E-state index contributed by atoms with van der Waals surface area (Å²) in [5, 5.41) is 2.85. The van der Waals surface area contributed by atoms with Crippen LogP contribution in [0.2, 0.25) is 0 Å². The average molecular weight is 276 g/mol. The SMILES string of the molecule is CCC(CN)NC(=O)/C=C/c1cccc(OC(C)C)c1. The average Bonchev–Trinajstić information content (AvgIpc) is 2.42. The Morgan fingerprint density at radius 3 is 2.80 bits per heavy atom. The van der Waals surface area contributed by atoms with Crippen molar-refractivity contribution in [3.63, 3.8) is 0 Å². The second kappa shape index (κ2) is 8.38. The Balaban J connectivity index is 2.63. The zero-order chi connectivity index (χ0) is 15.0. The van der Waals surface area contributed by atoms with E-state index in [9.17, 15) is 4.79 Å². The third-order valence-corrected chi connectivity index (χ3v) is 2.78. The molecule has 4 heteroatoms. The first kappa shape index (κ1) is 16.2. The van der Waals surface area contributed by atoms with Gasteiger partial charge in [0.05, 0.1) is 6.10 Å². The first-order valence-electron chi connectivity index (χ1n) is 7.00. The van der Waals surface area contributed by atoms with E-state index in [1.165, 1.54) is 6.08 Å². The zero-order valence-electron chi connectivity index (χ0n) is 12.4. The summed E-state index contributed by atoms with van der Waals surface area (Å²) in [6.07, 6.45) is 4.25. The van der Waals surface area contributed by atoms with Crippen molar-refractivity contribution in [2.24, 2.45) is 5.73 Å². The maximum atomic E-state index is 11.7. The van der Waals surface area contributed by atoms with E-state index >= 15 is 0 Å². The number of carbonyl (C=O) groups is 1. The van der Waals surface area contributed by atoms with E-state index < -0.39 is 0 Å². The van der Waals surface area contributed by atoms with Crippen molar-refractivity contribution in [1.29, 1.82) is 0 Å². The summed E-state index contributed by atoms with van der Waals surface area (Å²) in [6.45, 7) is 6.41. The van der Waals surface area contributed by atoms with Crippen LogP contribution in [0.4, 0.5) is 0 Å². The molecule has 0 bridgehead atoms. The molecule has 1 unspecified atom stereocenters. The lowest BCUT2D eigenvalue weighted by atomic mass is 10.2. The van der Waals surface area contributed by atoms with Gasteiger partial charge >= 0.3 is 0 Å². The highest BCUT2D eigenvalue weighted by molar-refractivity contribution is 5.91. The molecule has 0 radical (unpaired) electrons. The van der Waals surface area contributed by atoms with Gasteiger partial charge in [-0.25, -0.2) is 0 Å². The van der Waals surface area contributed by atoms with E-state index in [1.807, 2.05) is 45.0 Å². The topological polar surface area (TPSA) is 64.3 Å². The molecule has 0 heterocycles. The summed E-state index contributed by atoms with van der Waals surface area (Å²) < 4.78 is 5.61. The van der Waals surface area contributed by atoms with Gasteiger partial charge in [-0.15, -0.1) is 0 Å². The van der Waals surface area contributed by atoms with Gasteiger partial charge in [-0.3, -0.25) is 4.79 Å². The predicted molar refractivity (Wildman–Crippen MR) is 82.5 cm³/mol. The van der Waals surface area contributed by atoms with Crippen molar-refractivity contribution in [2.45, 2.75) is 39.3 Å². The van der Waals surface area contributed by atoms with Gasteiger partial charge in [-0.2, -0.15) is 0 Å². The van der Waals surface area contributed by atoms with E-state index in [0.717, 1.165) is 17.7 Å². The summed E-state index contributed by atoms with van der Waals surface area (Å²) >= 11 is 0. The molecular weight excluding hydrogens is 252 g/mol. The first-order chi connectivity index (χ1) is 9.55. The molecule has 0 aliphatic carbocycles. The predicted octanol–water partition coefficient (Wildman–Crippen LogP) is 2.34. The Bertz CT molecular complexity index is 452. The number of nitrogens with two attached hydrogens (primary N) is 1. The van der Waals surface area contributed by atoms with Gasteiger partial charge in [0.25, 0.3) is 0 Å². The Labute approximate surface area is 121 Å². The number of nitrogens with one attached hydrogen (secondary N) is 1. The molecule has 0 aliphatic rings. The molecule has 0 fully saturated rings. The Morgan fingerprint density at radius 1 is 1.45 bits per heavy atom. The van der Waals surface area contributed by atoms with Crippen LogP contribution in [0.1, 0.15) is 32.8 Å². The maximum absolute atomic E-state index is 11.7. The number of hydrogen-bond acceptors (Lipinski definition) is 3. The molecule has 1 aromatic rings. The molecule has 0 spiro atoms. The highest BCUT2D eigenvalue weighted by Crippen LogP contribution is 2.15. The fourth-order valence-electron chi connectivity index (χ4n) is 1.71. The fraction of sp³-hybridized carbons (Fsp3) is 0.438. The van der Waals surface area contributed by atoms with Crippen LogP contribution >= 0.6 is 0 Å². The van der Waals surface area contributed by atoms with Crippen molar-refractivity contribution in [3.05, 3.63) is 35.9 Å². The molecule has 0 saturated heterocycles. The van der Waals surface area contributed by atoms with Crippen LogP contribution in [0, 0.1) is 0 Å². The Hall–Kier alpha value is -1.81. The van der Waals surface area contributed by atoms with E-state index in [-0.39, 0.29) is 18.1 Å². The van der Waals surface area contributed by atoms with Gasteiger partial charge < -0.3 is 15.8 Å². The van der Waals surface area contributed by atoms with E-state index in [4.69, 9.17) is 10.5 Å². The summed E-state index contributed by atoms with van der Waals surface area (Å²) in [4.78, 5) is 11.7. The van der Waals surface area contributed by atoms with Gasteiger partial charge in [0, 0.05) is 18.7 Å². The second-order valence-corrected chi connectivity index (χ2v) is 4.92. The number of benzene rings is 1. The fourth-order valence-corrected chi connectivity index (χ4v) is 1.71. The van der Waals surface area contributed by atoms with Crippen molar-refractivity contribution >= 4 is 12.0 Å². The molecule has 0 aromatic heterocycles. The van der Waals surface area contributed by atoms with Gasteiger partial charge in [0.15, 0.2) is 0 Å². The van der Waals surface area contributed by atoms with Crippen molar-refractivity contribution in [3.8, 4) is 5.75 Å². The third-order valence-electron chi connectivity index (χ3n) is 2.78. The van der Waals surface area contributed by atoms with Gasteiger partial charge in [-0.1, -0.05) is 19.1 Å². The molecule has 20 heavy (non-hydrogen) atoms. The quantitative estimate of drug-likeness (QED) is 0.751. The third kappa shape index (κ3) is 5.89. The molecule has 110 valence electrons. The summed E-state index contributed by atoms with van der Waals surface area (Å²) in [6, 6.07) is 7.67. The zero-order valence-corrected chi connectivity index (χ0v) is 12.4. The lowest BCUT2D eigenvalue weighted by Crippen LogP contribution is -2.38. The standard InChI is InChI=1S/C16H24N2O2/c1-4-14(11-17)18-16(19)9-8-13-6-5-7-15(10-13)20-12(2)3/h5-10,12,14H,4,11,17H2,1-3H3,(H,18,19)/b9-8+. The highest BCUT2D eigenvalue weighted by atomic mass is 16.5. The first-order valence-corrected chi connectivity index (χ1v) is 7.00. The number of ether oxygens (including phenoxy) is 1. The second-order valence-electron chi connectivity index (χ2n) is 4.92. The number of amides is 1. The van der Waals surface area contributed by atoms with Crippen LogP contribution in [-0.2, 0) is 4.79 Å².